The molecule has 0 aliphatic heterocycles. The van der Waals surface area contributed by atoms with E-state index in [1.165, 1.54) is 22.3 Å². The lowest BCUT2D eigenvalue weighted by atomic mass is 9.96. The van der Waals surface area contributed by atoms with E-state index >= 15 is 0 Å². The molecule has 0 atom stereocenters. The zero-order valence-corrected chi connectivity index (χ0v) is 16.9. The standard InChI is InChI=1S/C20H13Br3/c21-17-7-1-14(2-8-17)13-20(15-3-9-18(22)10-4-15)16-5-11-19(23)12-6-16/h1-13H. The van der Waals surface area contributed by atoms with Gasteiger partial charge in [0, 0.05) is 13.4 Å². The SMILES string of the molecule is Brc1ccc(C=C(c2ccc(Br)cc2)c2ccc(Br)cc2)cc1. The number of hydrogen-bond acceptors (Lipinski definition) is 0. The first-order valence-electron chi connectivity index (χ1n) is 7.11. The Bertz CT molecular complexity index is 767. The third-order valence-electron chi connectivity index (χ3n) is 3.49. The minimum atomic E-state index is 1.08. The van der Waals surface area contributed by atoms with Crippen molar-refractivity contribution in [1.82, 2.24) is 0 Å². The molecular weight excluding hydrogens is 480 g/mol. The third kappa shape index (κ3) is 4.43. The predicted octanol–water partition coefficient (Wildman–Crippen LogP) is 7.56. The summed E-state index contributed by atoms with van der Waals surface area (Å²) in [7, 11) is 0. The third-order valence-corrected chi connectivity index (χ3v) is 5.08. The largest absolute Gasteiger partial charge is 0.0538 e. The highest BCUT2D eigenvalue weighted by molar-refractivity contribution is 9.11. The van der Waals surface area contributed by atoms with Gasteiger partial charge in [-0.05, 0) is 64.7 Å². The first kappa shape index (κ1) is 16.7. The van der Waals surface area contributed by atoms with Gasteiger partial charge < -0.3 is 0 Å². The minimum Gasteiger partial charge on any atom is -0.0538 e. The molecule has 0 aliphatic rings. The van der Waals surface area contributed by atoms with Crippen molar-refractivity contribution in [3.63, 3.8) is 0 Å². The van der Waals surface area contributed by atoms with Crippen molar-refractivity contribution in [3.05, 3.63) is 103 Å². The summed E-state index contributed by atoms with van der Waals surface area (Å²) in [6, 6.07) is 25.2. The molecule has 0 saturated carbocycles. The van der Waals surface area contributed by atoms with E-state index in [0.29, 0.717) is 0 Å². The van der Waals surface area contributed by atoms with Crippen molar-refractivity contribution < 1.29 is 0 Å². The summed E-state index contributed by atoms with van der Waals surface area (Å²) >= 11 is 10.5. The molecule has 0 radical (unpaired) electrons. The van der Waals surface area contributed by atoms with E-state index in [0.717, 1.165) is 13.4 Å². The second-order valence-corrected chi connectivity index (χ2v) is 7.87. The van der Waals surface area contributed by atoms with Crippen molar-refractivity contribution in [2.24, 2.45) is 0 Å². The van der Waals surface area contributed by atoms with Crippen molar-refractivity contribution in [3.8, 4) is 0 Å². The van der Waals surface area contributed by atoms with Crippen LogP contribution in [0.25, 0.3) is 11.6 Å². The van der Waals surface area contributed by atoms with Gasteiger partial charge in [-0.1, -0.05) is 84.2 Å². The monoisotopic (exact) mass is 490 g/mol. The van der Waals surface area contributed by atoms with E-state index in [-0.39, 0.29) is 0 Å². The maximum absolute atomic E-state index is 3.50. The zero-order chi connectivity index (χ0) is 16.2. The Balaban J connectivity index is 2.10. The van der Waals surface area contributed by atoms with Gasteiger partial charge in [-0.2, -0.15) is 0 Å². The summed E-state index contributed by atoms with van der Waals surface area (Å²) in [5, 5.41) is 0. The molecule has 0 N–H and O–H groups in total. The molecule has 3 rings (SSSR count). The average molecular weight is 493 g/mol. The molecule has 3 aromatic rings. The molecule has 0 saturated heterocycles. The predicted molar refractivity (Wildman–Crippen MR) is 109 cm³/mol. The molecule has 0 spiro atoms. The number of rotatable bonds is 3. The van der Waals surface area contributed by atoms with Crippen LogP contribution in [0.1, 0.15) is 16.7 Å². The van der Waals surface area contributed by atoms with Crippen LogP contribution in [0.3, 0.4) is 0 Å². The molecule has 0 heterocycles. The second-order valence-electron chi connectivity index (χ2n) is 5.12. The van der Waals surface area contributed by atoms with Gasteiger partial charge in [-0.25, -0.2) is 0 Å². The molecule has 0 nitrogen and oxygen atoms in total. The van der Waals surface area contributed by atoms with E-state index in [2.05, 4.69) is 127 Å². The molecule has 0 amide bonds. The van der Waals surface area contributed by atoms with E-state index in [1.807, 2.05) is 0 Å². The number of halogens is 3. The van der Waals surface area contributed by atoms with E-state index in [1.54, 1.807) is 0 Å². The van der Waals surface area contributed by atoms with Crippen LogP contribution >= 0.6 is 47.8 Å². The van der Waals surface area contributed by atoms with Crippen molar-refractivity contribution in [2.75, 3.05) is 0 Å². The summed E-state index contributed by atoms with van der Waals surface area (Å²) < 4.78 is 3.25. The quantitative estimate of drug-likeness (QED) is 0.331. The summed E-state index contributed by atoms with van der Waals surface area (Å²) in [5.41, 5.74) is 4.76. The Morgan fingerprint density at radius 3 is 1.26 bits per heavy atom. The van der Waals surface area contributed by atoms with Crippen LogP contribution in [0.5, 0.6) is 0 Å². The maximum atomic E-state index is 3.50. The molecular formula is C20H13Br3. The van der Waals surface area contributed by atoms with E-state index in [4.69, 9.17) is 0 Å². The zero-order valence-electron chi connectivity index (χ0n) is 12.1. The van der Waals surface area contributed by atoms with Crippen LogP contribution in [0, 0.1) is 0 Å². The minimum absolute atomic E-state index is 1.08. The lowest BCUT2D eigenvalue weighted by Crippen LogP contribution is -1.88. The molecule has 0 aromatic heterocycles. The van der Waals surface area contributed by atoms with Crippen LogP contribution in [0.2, 0.25) is 0 Å². The highest BCUT2D eigenvalue weighted by Gasteiger charge is 2.06. The van der Waals surface area contributed by atoms with Crippen LogP contribution < -0.4 is 0 Å². The lowest BCUT2D eigenvalue weighted by molar-refractivity contribution is 1.52. The van der Waals surface area contributed by atoms with Gasteiger partial charge in [0.15, 0.2) is 0 Å². The number of benzene rings is 3. The van der Waals surface area contributed by atoms with Gasteiger partial charge in [0.2, 0.25) is 0 Å². The van der Waals surface area contributed by atoms with Gasteiger partial charge in [-0.15, -0.1) is 0 Å². The van der Waals surface area contributed by atoms with Gasteiger partial charge in [0.05, 0.1) is 0 Å². The molecule has 0 unspecified atom stereocenters. The van der Waals surface area contributed by atoms with Crippen LogP contribution in [-0.4, -0.2) is 0 Å². The molecule has 0 aliphatic carbocycles. The highest BCUT2D eigenvalue weighted by Crippen LogP contribution is 2.28. The topological polar surface area (TPSA) is 0 Å². The average Bonchev–Trinajstić information content (AvgIpc) is 2.56. The van der Waals surface area contributed by atoms with Crippen LogP contribution in [0.15, 0.2) is 86.2 Å². The summed E-state index contributed by atoms with van der Waals surface area (Å²) in [4.78, 5) is 0. The van der Waals surface area contributed by atoms with Gasteiger partial charge in [-0.3, -0.25) is 0 Å². The highest BCUT2D eigenvalue weighted by atomic mass is 79.9. The first-order valence-corrected chi connectivity index (χ1v) is 9.49. The number of hydrogen-bond donors (Lipinski definition) is 0. The second kappa shape index (κ2) is 7.61. The van der Waals surface area contributed by atoms with Gasteiger partial charge in [0.25, 0.3) is 0 Å². The fourth-order valence-corrected chi connectivity index (χ4v) is 3.11. The molecule has 0 fully saturated rings. The Hall–Kier alpha value is -1.16. The van der Waals surface area contributed by atoms with Gasteiger partial charge in [0.1, 0.15) is 0 Å². The molecule has 23 heavy (non-hydrogen) atoms. The van der Waals surface area contributed by atoms with Crippen LogP contribution in [-0.2, 0) is 0 Å². The Morgan fingerprint density at radius 1 is 0.522 bits per heavy atom. The Kier molecular flexibility index (Phi) is 5.52. The van der Waals surface area contributed by atoms with E-state index < -0.39 is 0 Å². The molecule has 3 heteroatoms. The van der Waals surface area contributed by atoms with Crippen molar-refractivity contribution >= 4 is 59.4 Å². The first-order chi connectivity index (χ1) is 11.1. The fourth-order valence-electron chi connectivity index (χ4n) is 2.32. The maximum Gasteiger partial charge on any atom is 0.0175 e. The lowest BCUT2D eigenvalue weighted by Gasteiger charge is -2.10. The molecule has 114 valence electrons. The fraction of sp³-hybridized carbons (Fsp3) is 0. The van der Waals surface area contributed by atoms with Gasteiger partial charge >= 0.3 is 0 Å². The van der Waals surface area contributed by atoms with Crippen molar-refractivity contribution in [2.45, 2.75) is 0 Å². The van der Waals surface area contributed by atoms with Crippen molar-refractivity contribution in [1.29, 1.82) is 0 Å². The van der Waals surface area contributed by atoms with Crippen LogP contribution in [0.4, 0.5) is 0 Å². The summed E-state index contributed by atoms with van der Waals surface area (Å²) in [6.07, 6.45) is 2.22. The smallest absolute Gasteiger partial charge is 0.0175 e. The Morgan fingerprint density at radius 2 is 0.870 bits per heavy atom. The summed E-state index contributed by atoms with van der Waals surface area (Å²) in [5.74, 6) is 0. The van der Waals surface area contributed by atoms with E-state index in [9.17, 15) is 0 Å². The molecule has 3 aromatic carbocycles. The molecule has 0 bridgehead atoms. The normalized spacial score (nSPS) is 10.4. The summed E-state index contributed by atoms with van der Waals surface area (Å²) in [6.45, 7) is 0. The Labute approximate surface area is 161 Å².